The van der Waals surface area contributed by atoms with Crippen LogP contribution in [0.5, 0.6) is 5.75 Å². The highest BCUT2D eigenvalue weighted by Gasteiger charge is 2.23. The molecule has 0 amide bonds. The Labute approximate surface area is 99.7 Å². The van der Waals surface area contributed by atoms with E-state index in [2.05, 4.69) is 4.72 Å². The summed E-state index contributed by atoms with van der Waals surface area (Å²) in [5, 5.41) is 1.67. The average Bonchev–Trinajstić information content (AvgIpc) is 2.62. The predicted molar refractivity (Wildman–Crippen MR) is 64.3 cm³/mol. The second-order valence-electron chi connectivity index (χ2n) is 4.09. The van der Waals surface area contributed by atoms with Gasteiger partial charge >= 0.3 is 0 Å². The van der Waals surface area contributed by atoms with Crippen LogP contribution in [-0.4, -0.2) is 27.6 Å². The fourth-order valence-corrected chi connectivity index (χ4v) is 3.52. The molecule has 5 nitrogen and oxygen atoms in total. The van der Waals surface area contributed by atoms with Gasteiger partial charge in [-0.25, -0.2) is 13.1 Å². The number of thiophene rings is 1. The number of hydrogen-bond acceptors (Lipinski definition) is 5. The fourth-order valence-electron chi connectivity index (χ4n) is 0.977. The van der Waals surface area contributed by atoms with E-state index in [9.17, 15) is 8.42 Å². The molecule has 1 rings (SSSR count). The lowest BCUT2D eigenvalue weighted by atomic mass is 10.1. The second kappa shape index (κ2) is 4.70. The van der Waals surface area contributed by atoms with Crippen LogP contribution in [0.3, 0.4) is 0 Å². The lowest BCUT2D eigenvalue weighted by Crippen LogP contribution is -2.44. The Morgan fingerprint density at radius 3 is 2.69 bits per heavy atom. The first-order valence-corrected chi connectivity index (χ1v) is 7.02. The average molecular weight is 264 g/mol. The van der Waals surface area contributed by atoms with Crippen molar-refractivity contribution in [1.29, 1.82) is 0 Å². The van der Waals surface area contributed by atoms with Gasteiger partial charge in [-0.15, -0.1) is 11.3 Å². The highest BCUT2D eigenvalue weighted by molar-refractivity contribution is 7.91. The molecule has 92 valence electrons. The third kappa shape index (κ3) is 3.44. The molecule has 7 heteroatoms. The molecule has 0 unspecified atom stereocenters. The van der Waals surface area contributed by atoms with Gasteiger partial charge in [0.1, 0.15) is 5.75 Å². The molecule has 1 aromatic rings. The third-order valence-corrected chi connectivity index (χ3v) is 4.63. The van der Waals surface area contributed by atoms with Crippen molar-refractivity contribution in [3.63, 3.8) is 0 Å². The van der Waals surface area contributed by atoms with E-state index in [1.807, 2.05) is 0 Å². The molecule has 0 aliphatic heterocycles. The Hall–Kier alpha value is -0.630. The van der Waals surface area contributed by atoms with Gasteiger partial charge in [0.05, 0.1) is 7.11 Å². The van der Waals surface area contributed by atoms with Gasteiger partial charge in [-0.05, 0) is 25.3 Å². The quantitative estimate of drug-likeness (QED) is 0.823. The smallest absolute Gasteiger partial charge is 0.253 e. The molecular weight excluding hydrogens is 248 g/mol. The van der Waals surface area contributed by atoms with Gasteiger partial charge in [0.2, 0.25) is 0 Å². The van der Waals surface area contributed by atoms with E-state index in [0.717, 1.165) is 11.3 Å². The number of nitrogens with one attached hydrogen (secondary N) is 1. The summed E-state index contributed by atoms with van der Waals surface area (Å²) in [7, 11) is -2.09. The molecule has 0 bridgehead atoms. The van der Waals surface area contributed by atoms with Crippen LogP contribution in [0.1, 0.15) is 13.8 Å². The van der Waals surface area contributed by atoms with Crippen LogP contribution in [0.4, 0.5) is 0 Å². The molecule has 0 aliphatic carbocycles. The van der Waals surface area contributed by atoms with Gasteiger partial charge in [-0.2, -0.15) is 0 Å². The Morgan fingerprint density at radius 2 is 2.19 bits per heavy atom. The topological polar surface area (TPSA) is 81.4 Å². The monoisotopic (exact) mass is 264 g/mol. The van der Waals surface area contributed by atoms with E-state index in [-0.39, 0.29) is 10.8 Å². The molecule has 0 aromatic carbocycles. The van der Waals surface area contributed by atoms with Crippen LogP contribution >= 0.6 is 11.3 Å². The molecule has 16 heavy (non-hydrogen) atoms. The van der Waals surface area contributed by atoms with E-state index in [1.165, 1.54) is 7.11 Å². The maximum absolute atomic E-state index is 11.9. The number of ether oxygens (including phenoxy) is 1. The van der Waals surface area contributed by atoms with Gasteiger partial charge in [-0.3, -0.25) is 0 Å². The Kier molecular flexibility index (Phi) is 3.95. The molecule has 3 N–H and O–H groups in total. The summed E-state index contributed by atoms with van der Waals surface area (Å²) in [5.74, 6) is 0.354. The van der Waals surface area contributed by atoms with Crippen molar-refractivity contribution in [1.82, 2.24) is 4.72 Å². The Morgan fingerprint density at radius 1 is 1.56 bits per heavy atom. The SMILES string of the molecule is COc1ccsc1S(=O)(=O)NCC(C)(C)N. The zero-order valence-corrected chi connectivity index (χ0v) is 11.1. The summed E-state index contributed by atoms with van der Waals surface area (Å²) in [6, 6.07) is 1.62. The highest BCUT2D eigenvalue weighted by atomic mass is 32.2. The standard InChI is InChI=1S/C9H16N2O3S2/c1-9(2,10)6-11-16(12,13)8-7(14-3)4-5-15-8/h4-5,11H,6,10H2,1-3H3. The predicted octanol–water partition coefficient (Wildman–Crippen LogP) is 0.772. The summed E-state index contributed by atoms with van der Waals surface area (Å²) in [6.45, 7) is 3.68. The van der Waals surface area contributed by atoms with E-state index >= 15 is 0 Å². The summed E-state index contributed by atoms with van der Waals surface area (Å²) in [5.41, 5.74) is 5.13. The molecule has 0 fully saturated rings. The summed E-state index contributed by atoms with van der Waals surface area (Å²) in [4.78, 5) is 0. The van der Waals surface area contributed by atoms with E-state index < -0.39 is 15.6 Å². The number of methoxy groups -OCH3 is 1. The molecule has 0 atom stereocenters. The zero-order valence-electron chi connectivity index (χ0n) is 9.48. The van der Waals surface area contributed by atoms with E-state index in [1.54, 1.807) is 25.3 Å². The lowest BCUT2D eigenvalue weighted by Gasteiger charge is -2.18. The third-order valence-electron chi connectivity index (χ3n) is 1.78. The first-order valence-electron chi connectivity index (χ1n) is 4.66. The summed E-state index contributed by atoms with van der Waals surface area (Å²) >= 11 is 1.12. The van der Waals surface area contributed by atoms with Crippen LogP contribution in [0.2, 0.25) is 0 Å². The molecule has 1 aromatic heterocycles. The molecule has 1 heterocycles. The highest BCUT2D eigenvalue weighted by Crippen LogP contribution is 2.29. The van der Waals surface area contributed by atoms with Crippen molar-refractivity contribution in [2.75, 3.05) is 13.7 Å². The minimum absolute atomic E-state index is 0.177. The van der Waals surface area contributed by atoms with Crippen molar-refractivity contribution in [2.45, 2.75) is 23.6 Å². The molecule has 0 spiro atoms. The number of nitrogens with two attached hydrogens (primary N) is 1. The van der Waals surface area contributed by atoms with Crippen molar-refractivity contribution < 1.29 is 13.2 Å². The van der Waals surface area contributed by atoms with E-state index in [0.29, 0.717) is 5.75 Å². The van der Waals surface area contributed by atoms with Gasteiger partial charge in [0.15, 0.2) is 4.21 Å². The molecule has 0 radical (unpaired) electrons. The van der Waals surface area contributed by atoms with Crippen LogP contribution < -0.4 is 15.2 Å². The summed E-state index contributed by atoms with van der Waals surface area (Å²) < 4.78 is 31.4. The first kappa shape index (κ1) is 13.4. The fraction of sp³-hybridized carbons (Fsp3) is 0.556. The second-order valence-corrected chi connectivity index (χ2v) is 6.97. The van der Waals surface area contributed by atoms with Gasteiger partial charge in [0.25, 0.3) is 10.0 Å². The van der Waals surface area contributed by atoms with Crippen molar-refractivity contribution in [2.24, 2.45) is 5.73 Å². The van der Waals surface area contributed by atoms with E-state index in [4.69, 9.17) is 10.5 Å². The van der Waals surface area contributed by atoms with Crippen LogP contribution in [0.25, 0.3) is 0 Å². The Balaban J connectivity index is 2.87. The van der Waals surface area contributed by atoms with Crippen LogP contribution in [0.15, 0.2) is 15.7 Å². The minimum Gasteiger partial charge on any atom is -0.494 e. The minimum atomic E-state index is -3.53. The number of hydrogen-bond donors (Lipinski definition) is 2. The first-order chi connectivity index (χ1) is 7.26. The number of rotatable bonds is 5. The number of sulfonamides is 1. The van der Waals surface area contributed by atoms with Gasteiger partial charge in [-0.1, -0.05) is 0 Å². The molecule has 0 aliphatic rings. The van der Waals surface area contributed by atoms with Crippen molar-refractivity contribution in [3.8, 4) is 5.75 Å². The molecule has 0 saturated heterocycles. The maximum atomic E-state index is 11.9. The normalized spacial score (nSPS) is 12.8. The van der Waals surface area contributed by atoms with Gasteiger partial charge < -0.3 is 10.5 Å². The van der Waals surface area contributed by atoms with Crippen LogP contribution in [0, 0.1) is 0 Å². The van der Waals surface area contributed by atoms with Crippen molar-refractivity contribution in [3.05, 3.63) is 11.4 Å². The maximum Gasteiger partial charge on any atom is 0.253 e. The largest absolute Gasteiger partial charge is 0.494 e. The Bertz CT molecular complexity index is 446. The lowest BCUT2D eigenvalue weighted by molar-refractivity contribution is 0.406. The van der Waals surface area contributed by atoms with Crippen LogP contribution in [-0.2, 0) is 10.0 Å². The zero-order chi connectivity index (χ0) is 12.4. The van der Waals surface area contributed by atoms with Gasteiger partial charge in [0, 0.05) is 12.1 Å². The van der Waals surface area contributed by atoms with Crippen molar-refractivity contribution >= 4 is 21.4 Å². The molecular formula is C9H16N2O3S2. The molecule has 0 saturated carbocycles. The summed E-state index contributed by atoms with van der Waals surface area (Å²) in [6.07, 6.45) is 0.